The standard InChI is InChI=1S/C12H23ClF/c1-2-3-6-9-12(14)10-7-4-5-8-11-13/h12H,1-11H2. The Morgan fingerprint density at radius 2 is 1.50 bits per heavy atom. The van der Waals surface area contributed by atoms with Gasteiger partial charge in [-0.25, -0.2) is 4.39 Å². The van der Waals surface area contributed by atoms with E-state index in [2.05, 4.69) is 6.92 Å². The third-order valence-electron chi connectivity index (χ3n) is 2.42. The molecule has 2 heteroatoms. The second kappa shape index (κ2) is 11.3. The van der Waals surface area contributed by atoms with Gasteiger partial charge in [-0.05, 0) is 19.3 Å². The summed E-state index contributed by atoms with van der Waals surface area (Å²) >= 11 is 5.55. The predicted molar refractivity (Wildman–Crippen MR) is 62.5 cm³/mol. The number of unbranched alkanes of at least 4 members (excludes halogenated alkanes) is 5. The van der Waals surface area contributed by atoms with Gasteiger partial charge < -0.3 is 0 Å². The van der Waals surface area contributed by atoms with Crippen molar-refractivity contribution >= 4 is 11.6 Å². The van der Waals surface area contributed by atoms with E-state index in [9.17, 15) is 4.39 Å². The molecule has 0 saturated carbocycles. The molecule has 0 heterocycles. The van der Waals surface area contributed by atoms with Gasteiger partial charge in [0.2, 0.25) is 0 Å². The van der Waals surface area contributed by atoms with Crippen molar-refractivity contribution in [3.05, 3.63) is 6.92 Å². The second-order valence-electron chi connectivity index (χ2n) is 3.84. The maximum Gasteiger partial charge on any atom is 0.100 e. The summed E-state index contributed by atoms with van der Waals surface area (Å²) in [6, 6.07) is 0. The Balaban J connectivity index is 3.06. The molecule has 0 aliphatic rings. The Hall–Kier alpha value is 0.220. The molecule has 0 rings (SSSR count). The van der Waals surface area contributed by atoms with Crippen LogP contribution in [0.3, 0.4) is 0 Å². The zero-order chi connectivity index (χ0) is 10.6. The summed E-state index contributed by atoms with van der Waals surface area (Å²) in [7, 11) is 0. The van der Waals surface area contributed by atoms with Gasteiger partial charge in [0.1, 0.15) is 6.17 Å². The fourth-order valence-corrected chi connectivity index (χ4v) is 1.69. The first-order valence-corrected chi connectivity index (χ1v) is 6.34. The van der Waals surface area contributed by atoms with Crippen molar-refractivity contribution in [2.45, 2.75) is 64.0 Å². The Bertz CT molecular complexity index is 106. The summed E-state index contributed by atoms with van der Waals surface area (Å²) in [5, 5.41) is 0. The van der Waals surface area contributed by atoms with Crippen molar-refractivity contribution in [1.29, 1.82) is 0 Å². The average Bonchev–Trinajstić information content (AvgIpc) is 2.18. The zero-order valence-electron chi connectivity index (χ0n) is 9.11. The fraction of sp³-hybridized carbons (Fsp3) is 0.917. The van der Waals surface area contributed by atoms with Gasteiger partial charge >= 0.3 is 0 Å². The second-order valence-corrected chi connectivity index (χ2v) is 4.22. The van der Waals surface area contributed by atoms with Crippen LogP contribution in [0.4, 0.5) is 4.39 Å². The van der Waals surface area contributed by atoms with E-state index in [1.54, 1.807) is 0 Å². The Morgan fingerprint density at radius 3 is 2.07 bits per heavy atom. The maximum atomic E-state index is 13.2. The van der Waals surface area contributed by atoms with Gasteiger partial charge in [0, 0.05) is 5.88 Å². The van der Waals surface area contributed by atoms with Crippen LogP contribution in [0.15, 0.2) is 0 Å². The van der Waals surface area contributed by atoms with Gasteiger partial charge in [0.25, 0.3) is 0 Å². The van der Waals surface area contributed by atoms with Crippen molar-refractivity contribution < 1.29 is 4.39 Å². The predicted octanol–water partition coefficient (Wildman–Crippen LogP) is 4.91. The molecular weight excluding hydrogens is 199 g/mol. The normalized spacial score (nSPS) is 13.1. The van der Waals surface area contributed by atoms with Crippen molar-refractivity contribution in [3.63, 3.8) is 0 Å². The molecule has 0 aromatic carbocycles. The van der Waals surface area contributed by atoms with Crippen LogP contribution in [0.1, 0.15) is 57.8 Å². The minimum absolute atomic E-state index is 0.586. The van der Waals surface area contributed by atoms with E-state index in [0.717, 1.165) is 63.7 Å². The van der Waals surface area contributed by atoms with Crippen LogP contribution >= 0.6 is 11.6 Å². The Morgan fingerprint density at radius 1 is 0.929 bits per heavy atom. The zero-order valence-corrected chi connectivity index (χ0v) is 9.87. The summed E-state index contributed by atoms with van der Waals surface area (Å²) in [4.78, 5) is 0. The Labute approximate surface area is 93.2 Å². The molecule has 0 N–H and O–H groups in total. The van der Waals surface area contributed by atoms with Crippen molar-refractivity contribution in [2.24, 2.45) is 0 Å². The minimum atomic E-state index is -0.586. The molecule has 0 bridgehead atoms. The highest BCUT2D eigenvalue weighted by Crippen LogP contribution is 2.14. The summed E-state index contributed by atoms with van der Waals surface area (Å²) in [5.41, 5.74) is 0. The first-order chi connectivity index (χ1) is 6.81. The lowest BCUT2D eigenvalue weighted by molar-refractivity contribution is 0.280. The summed E-state index contributed by atoms with van der Waals surface area (Å²) in [6.07, 6.45) is 8.23. The highest BCUT2D eigenvalue weighted by Gasteiger charge is 2.04. The Kier molecular flexibility index (Phi) is 11.5. The van der Waals surface area contributed by atoms with Crippen LogP contribution in [0.25, 0.3) is 0 Å². The number of alkyl halides is 2. The maximum absolute atomic E-state index is 13.2. The largest absolute Gasteiger partial charge is 0.247 e. The molecule has 85 valence electrons. The van der Waals surface area contributed by atoms with Gasteiger partial charge in [-0.15, -0.1) is 11.6 Å². The van der Waals surface area contributed by atoms with Crippen LogP contribution in [-0.2, 0) is 0 Å². The van der Waals surface area contributed by atoms with Gasteiger partial charge in [0.15, 0.2) is 0 Å². The van der Waals surface area contributed by atoms with Crippen molar-refractivity contribution in [1.82, 2.24) is 0 Å². The SMILES string of the molecule is [CH2]CCCCC(F)CCCCCCCl. The van der Waals surface area contributed by atoms with Crippen LogP contribution < -0.4 is 0 Å². The van der Waals surface area contributed by atoms with Crippen molar-refractivity contribution in [2.75, 3.05) is 5.88 Å². The molecule has 1 atom stereocenters. The first kappa shape index (κ1) is 14.2. The monoisotopic (exact) mass is 221 g/mol. The third kappa shape index (κ3) is 10.3. The quantitative estimate of drug-likeness (QED) is 0.363. The van der Waals surface area contributed by atoms with E-state index in [4.69, 9.17) is 11.6 Å². The van der Waals surface area contributed by atoms with Crippen molar-refractivity contribution in [3.8, 4) is 0 Å². The molecule has 1 unspecified atom stereocenters. The lowest BCUT2D eigenvalue weighted by Crippen LogP contribution is -1.99. The lowest BCUT2D eigenvalue weighted by Gasteiger charge is -2.06. The van der Waals surface area contributed by atoms with E-state index >= 15 is 0 Å². The molecule has 0 fully saturated rings. The van der Waals surface area contributed by atoms with E-state index in [1.807, 2.05) is 0 Å². The highest BCUT2D eigenvalue weighted by molar-refractivity contribution is 6.17. The number of hydrogen-bond acceptors (Lipinski definition) is 0. The molecular formula is C12H23ClF. The number of hydrogen-bond donors (Lipinski definition) is 0. The molecule has 0 aliphatic carbocycles. The first-order valence-electron chi connectivity index (χ1n) is 5.80. The van der Waals surface area contributed by atoms with Crippen LogP contribution in [0, 0.1) is 6.92 Å². The lowest BCUT2D eigenvalue weighted by atomic mass is 10.1. The summed E-state index contributed by atoms with van der Waals surface area (Å²) in [5.74, 6) is 0.739. The molecule has 0 amide bonds. The van der Waals surface area contributed by atoms with E-state index in [0.29, 0.717) is 0 Å². The van der Waals surface area contributed by atoms with Gasteiger partial charge in [-0.1, -0.05) is 45.4 Å². The minimum Gasteiger partial charge on any atom is -0.247 e. The van der Waals surface area contributed by atoms with Crippen LogP contribution in [0.5, 0.6) is 0 Å². The van der Waals surface area contributed by atoms with E-state index < -0.39 is 6.17 Å². The smallest absolute Gasteiger partial charge is 0.100 e. The van der Waals surface area contributed by atoms with Crippen LogP contribution in [0.2, 0.25) is 0 Å². The fourth-order valence-electron chi connectivity index (χ4n) is 1.50. The topological polar surface area (TPSA) is 0 Å². The highest BCUT2D eigenvalue weighted by atomic mass is 35.5. The van der Waals surface area contributed by atoms with Gasteiger partial charge in [-0.3, -0.25) is 0 Å². The molecule has 0 saturated heterocycles. The molecule has 14 heavy (non-hydrogen) atoms. The molecule has 1 radical (unpaired) electrons. The van der Waals surface area contributed by atoms with Gasteiger partial charge in [-0.2, -0.15) is 0 Å². The van der Waals surface area contributed by atoms with Gasteiger partial charge in [0.05, 0.1) is 0 Å². The number of halogens is 2. The molecule has 0 aliphatic heterocycles. The van der Waals surface area contributed by atoms with Crippen LogP contribution in [-0.4, -0.2) is 12.1 Å². The molecule has 0 aromatic rings. The summed E-state index contributed by atoms with van der Waals surface area (Å²) in [6.45, 7) is 3.74. The summed E-state index contributed by atoms with van der Waals surface area (Å²) < 4.78 is 13.2. The van der Waals surface area contributed by atoms with E-state index in [1.165, 1.54) is 0 Å². The molecule has 0 aromatic heterocycles. The average molecular weight is 222 g/mol. The van der Waals surface area contributed by atoms with E-state index in [-0.39, 0.29) is 0 Å². The number of rotatable bonds is 10. The molecule has 0 nitrogen and oxygen atoms in total. The molecule has 0 spiro atoms. The third-order valence-corrected chi connectivity index (χ3v) is 2.69.